The van der Waals surface area contributed by atoms with Gasteiger partial charge in [-0.1, -0.05) is 0 Å². The Hall–Kier alpha value is -1.36. The fraction of sp³-hybridized carbons (Fsp3) is 0.500. The van der Waals surface area contributed by atoms with Crippen molar-refractivity contribution in [3.8, 4) is 0 Å². The maximum Gasteiger partial charge on any atom is 0.300 e. The van der Waals surface area contributed by atoms with Gasteiger partial charge in [0.25, 0.3) is 5.56 Å². The number of aromatic nitrogens is 1. The zero-order valence-corrected chi connectivity index (χ0v) is 7.10. The van der Waals surface area contributed by atoms with E-state index in [4.69, 9.17) is 9.15 Å². The Morgan fingerprint density at radius 3 is 2.85 bits per heavy atom. The third-order valence-corrected chi connectivity index (χ3v) is 1.87. The van der Waals surface area contributed by atoms with Crippen molar-refractivity contribution in [2.45, 2.75) is 0 Å². The van der Waals surface area contributed by atoms with Crippen LogP contribution in [0.1, 0.15) is 0 Å². The van der Waals surface area contributed by atoms with Crippen molar-refractivity contribution in [3.05, 3.63) is 22.7 Å². The van der Waals surface area contributed by atoms with Gasteiger partial charge in [-0.05, 0) is 0 Å². The SMILES string of the molecule is O=c1ccoc(N2CCOCC2)n1. The number of hydrogen-bond acceptors (Lipinski definition) is 5. The van der Waals surface area contributed by atoms with Gasteiger partial charge in [-0.15, -0.1) is 0 Å². The molecule has 1 aliphatic rings. The summed E-state index contributed by atoms with van der Waals surface area (Å²) in [5, 5.41) is 0. The Morgan fingerprint density at radius 1 is 1.38 bits per heavy atom. The molecule has 2 rings (SSSR count). The van der Waals surface area contributed by atoms with Crippen molar-refractivity contribution >= 4 is 6.01 Å². The summed E-state index contributed by atoms with van der Waals surface area (Å²) < 4.78 is 10.3. The van der Waals surface area contributed by atoms with Crippen molar-refractivity contribution < 1.29 is 9.15 Å². The molecule has 0 bridgehead atoms. The monoisotopic (exact) mass is 182 g/mol. The Morgan fingerprint density at radius 2 is 2.15 bits per heavy atom. The quantitative estimate of drug-likeness (QED) is 0.605. The van der Waals surface area contributed by atoms with E-state index in [1.807, 2.05) is 4.90 Å². The van der Waals surface area contributed by atoms with Crippen LogP contribution in [-0.2, 0) is 4.74 Å². The zero-order chi connectivity index (χ0) is 9.10. The van der Waals surface area contributed by atoms with E-state index in [1.165, 1.54) is 12.3 Å². The van der Waals surface area contributed by atoms with E-state index in [2.05, 4.69) is 4.98 Å². The first-order valence-electron chi connectivity index (χ1n) is 4.15. The molecule has 1 aliphatic heterocycles. The molecule has 0 aliphatic carbocycles. The summed E-state index contributed by atoms with van der Waals surface area (Å²) >= 11 is 0. The van der Waals surface area contributed by atoms with Crippen LogP contribution in [0.25, 0.3) is 0 Å². The molecule has 0 aromatic carbocycles. The predicted molar refractivity (Wildman–Crippen MR) is 45.8 cm³/mol. The second-order valence-electron chi connectivity index (χ2n) is 2.75. The van der Waals surface area contributed by atoms with Gasteiger partial charge in [0.15, 0.2) is 0 Å². The Kier molecular flexibility index (Phi) is 2.27. The van der Waals surface area contributed by atoms with Crippen LogP contribution in [0.3, 0.4) is 0 Å². The number of hydrogen-bond donors (Lipinski definition) is 0. The van der Waals surface area contributed by atoms with Gasteiger partial charge < -0.3 is 14.1 Å². The van der Waals surface area contributed by atoms with Crippen molar-refractivity contribution in [1.29, 1.82) is 0 Å². The highest BCUT2D eigenvalue weighted by Gasteiger charge is 2.14. The molecule has 0 N–H and O–H groups in total. The van der Waals surface area contributed by atoms with Crippen molar-refractivity contribution in [1.82, 2.24) is 4.98 Å². The lowest BCUT2D eigenvalue weighted by atomic mass is 10.4. The molecule has 70 valence electrons. The van der Waals surface area contributed by atoms with Crippen LogP contribution in [0.15, 0.2) is 21.5 Å². The van der Waals surface area contributed by atoms with Gasteiger partial charge in [0.1, 0.15) is 6.26 Å². The van der Waals surface area contributed by atoms with Gasteiger partial charge in [0, 0.05) is 19.2 Å². The number of anilines is 1. The number of morpholine rings is 1. The van der Waals surface area contributed by atoms with Crippen molar-refractivity contribution in [2.75, 3.05) is 31.2 Å². The average Bonchev–Trinajstić information content (AvgIpc) is 2.19. The summed E-state index contributed by atoms with van der Waals surface area (Å²) in [6.45, 7) is 2.75. The molecule has 5 nitrogen and oxygen atoms in total. The Balaban J connectivity index is 2.19. The van der Waals surface area contributed by atoms with Gasteiger partial charge in [-0.2, -0.15) is 4.98 Å². The largest absolute Gasteiger partial charge is 0.433 e. The predicted octanol–water partition coefficient (Wildman–Crippen LogP) is -0.129. The van der Waals surface area contributed by atoms with Gasteiger partial charge in [0.2, 0.25) is 0 Å². The van der Waals surface area contributed by atoms with E-state index in [1.54, 1.807) is 0 Å². The highest BCUT2D eigenvalue weighted by molar-refractivity contribution is 5.24. The molecule has 0 amide bonds. The van der Waals surface area contributed by atoms with E-state index in [0.29, 0.717) is 19.2 Å². The summed E-state index contributed by atoms with van der Waals surface area (Å²) in [5.74, 6) is 0. The maximum atomic E-state index is 10.9. The number of ether oxygens (including phenoxy) is 1. The molecule has 1 aromatic heterocycles. The molecule has 1 saturated heterocycles. The zero-order valence-electron chi connectivity index (χ0n) is 7.10. The van der Waals surface area contributed by atoms with E-state index in [-0.39, 0.29) is 5.56 Å². The summed E-state index contributed by atoms with van der Waals surface area (Å²) in [7, 11) is 0. The minimum atomic E-state index is -0.271. The molecular weight excluding hydrogens is 172 g/mol. The lowest BCUT2D eigenvalue weighted by molar-refractivity contribution is 0.120. The van der Waals surface area contributed by atoms with Crippen LogP contribution >= 0.6 is 0 Å². The standard InChI is InChI=1S/C8H10N2O3/c11-7-1-4-13-8(9-7)10-2-5-12-6-3-10/h1,4H,2-3,5-6H2. The molecule has 13 heavy (non-hydrogen) atoms. The average molecular weight is 182 g/mol. The molecule has 0 radical (unpaired) electrons. The first-order valence-corrected chi connectivity index (χ1v) is 4.15. The minimum absolute atomic E-state index is 0.271. The Bertz CT molecular complexity index is 330. The normalized spacial score (nSPS) is 17.4. The molecule has 0 unspecified atom stereocenters. The molecular formula is C8H10N2O3. The van der Waals surface area contributed by atoms with Crippen molar-refractivity contribution in [2.24, 2.45) is 0 Å². The second-order valence-corrected chi connectivity index (χ2v) is 2.75. The molecule has 1 aromatic rings. The third kappa shape index (κ3) is 1.86. The topological polar surface area (TPSA) is 55.6 Å². The molecule has 0 spiro atoms. The molecule has 0 saturated carbocycles. The highest BCUT2D eigenvalue weighted by atomic mass is 16.5. The minimum Gasteiger partial charge on any atom is -0.433 e. The van der Waals surface area contributed by atoms with Crippen LogP contribution in [0.4, 0.5) is 6.01 Å². The Labute approximate surface area is 74.9 Å². The van der Waals surface area contributed by atoms with Crippen LogP contribution < -0.4 is 10.5 Å². The third-order valence-electron chi connectivity index (χ3n) is 1.87. The van der Waals surface area contributed by atoms with E-state index < -0.39 is 0 Å². The number of rotatable bonds is 1. The second kappa shape index (κ2) is 3.57. The first-order chi connectivity index (χ1) is 6.36. The van der Waals surface area contributed by atoms with Gasteiger partial charge in [0.05, 0.1) is 13.2 Å². The molecule has 2 heterocycles. The summed E-state index contributed by atoms with van der Waals surface area (Å²) in [5.41, 5.74) is -0.271. The van der Waals surface area contributed by atoms with Gasteiger partial charge in [-0.25, -0.2) is 0 Å². The van der Waals surface area contributed by atoms with Crippen LogP contribution in [0.5, 0.6) is 0 Å². The van der Waals surface area contributed by atoms with Crippen LogP contribution in [0.2, 0.25) is 0 Å². The lowest BCUT2D eigenvalue weighted by Gasteiger charge is -2.25. The summed E-state index contributed by atoms with van der Waals surface area (Å²) in [4.78, 5) is 16.5. The fourth-order valence-corrected chi connectivity index (χ4v) is 1.21. The molecule has 0 atom stereocenters. The van der Waals surface area contributed by atoms with Crippen molar-refractivity contribution in [3.63, 3.8) is 0 Å². The number of nitrogens with zero attached hydrogens (tertiary/aromatic N) is 2. The summed E-state index contributed by atoms with van der Waals surface area (Å²) in [6.07, 6.45) is 1.36. The van der Waals surface area contributed by atoms with Gasteiger partial charge >= 0.3 is 6.01 Å². The maximum absolute atomic E-state index is 10.9. The van der Waals surface area contributed by atoms with Crippen LogP contribution in [0, 0.1) is 0 Å². The van der Waals surface area contributed by atoms with Crippen LogP contribution in [-0.4, -0.2) is 31.3 Å². The summed E-state index contributed by atoms with van der Waals surface area (Å²) in [6, 6.07) is 1.68. The van der Waals surface area contributed by atoms with E-state index >= 15 is 0 Å². The highest BCUT2D eigenvalue weighted by Crippen LogP contribution is 2.08. The fourth-order valence-electron chi connectivity index (χ4n) is 1.21. The van der Waals surface area contributed by atoms with E-state index in [0.717, 1.165) is 13.1 Å². The first kappa shape index (κ1) is 8.25. The molecule has 5 heteroatoms. The van der Waals surface area contributed by atoms with E-state index in [9.17, 15) is 4.79 Å². The molecule has 1 fully saturated rings. The van der Waals surface area contributed by atoms with Gasteiger partial charge in [-0.3, -0.25) is 4.79 Å². The lowest BCUT2D eigenvalue weighted by Crippen LogP contribution is -2.37. The smallest absolute Gasteiger partial charge is 0.300 e.